The van der Waals surface area contributed by atoms with Crippen LogP contribution in [-0.2, 0) is 16.1 Å². The Morgan fingerprint density at radius 2 is 1.68 bits per heavy atom. The quantitative estimate of drug-likeness (QED) is 0.422. The highest BCUT2D eigenvalue weighted by atomic mass is 16.7. The van der Waals surface area contributed by atoms with Crippen LogP contribution in [0.2, 0.25) is 0 Å². The van der Waals surface area contributed by atoms with E-state index in [4.69, 9.17) is 9.47 Å². The molecule has 1 aromatic carbocycles. The number of ketones is 1. The van der Waals surface area contributed by atoms with Crippen molar-refractivity contribution >= 4 is 17.6 Å². The van der Waals surface area contributed by atoms with Crippen LogP contribution in [0.1, 0.15) is 40.2 Å². The second kappa shape index (κ2) is 7.41. The highest BCUT2D eigenvalue weighted by Crippen LogP contribution is 2.35. The van der Waals surface area contributed by atoms with Crippen molar-refractivity contribution in [2.45, 2.75) is 33.2 Å². The monoisotopic (exact) mass is 420 g/mol. The molecule has 2 amide bonds. The van der Waals surface area contributed by atoms with E-state index in [1.165, 1.54) is 0 Å². The topological polar surface area (TPSA) is 77.8 Å². The van der Waals surface area contributed by atoms with Crippen molar-refractivity contribution < 1.29 is 23.9 Å². The molecule has 2 aliphatic heterocycles. The van der Waals surface area contributed by atoms with Gasteiger partial charge in [0.05, 0.1) is 18.4 Å². The summed E-state index contributed by atoms with van der Waals surface area (Å²) in [5, 5.41) is 0. The molecule has 160 valence electrons. The number of benzene rings is 1. The molecule has 3 heterocycles. The number of allylic oxidation sites excluding steroid dienone is 2. The molecule has 0 bridgehead atoms. The van der Waals surface area contributed by atoms with Crippen molar-refractivity contribution in [2.24, 2.45) is 11.8 Å². The number of aromatic nitrogens is 1. The maximum Gasteiger partial charge on any atom is 0.233 e. The largest absolute Gasteiger partial charge is 0.454 e. The predicted molar refractivity (Wildman–Crippen MR) is 112 cm³/mol. The molecule has 0 saturated carbocycles. The van der Waals surface area contributed by atoms with Gasteiger partial charge in [-0.05, 0) is 50.5 Å². The number of amides is 2. The number of hydrogen-bond acceptors (Lipinski definition) is 5. The molecule has 0 N–H and O–H groups in total. The van der Waals surface area contributed by atoms with Crippen molar-refractivity contribution in [3.05, 3.63) is 58.9 Å². The molecule has 31 heavy (non-hydrogen) atoms. The lowest BCUT2D eigenvalue weighted by molar-refractivity contribution is -0.139. The Morgan fingerprint density at radius 1 is 1.00 bits per heavy atom. The molecule has 5 rings (SSSR count). The van der Waals surface area contributed by atoms with Crippen LogP contribution in [0.25, 0.3) is 0 Å². The molecule has 2 aromatic rings. The molecule has 7 nitrogen and oxygen atoms in total. The molecule has 1 aliphatic carbocycles. The van der Waals surface area contributed by atoms with E-state index in [-0.39, 0.29) is 42.8 Å². The van der Waals surface area contributed by atoms with Crippen molar-refractivity contribution in [3.63, 3.8) is 0 Å². The summed E-state index contributed by atoms with van der Waals surface area (Å²) in [6.07, 6.45) is 5.04. The predicted octanol–water partition coefficient (Wildman–Crippen LogP) is 3.02. The Kier molecular flexibility index (Phi) is 4.68. The maximum atomic E-state index is 13.1. The van der Waals surface area contributed by atoms with Gasteiger partial charge in [-0.3, -0.25) is 19.3 Å². The van der Waals surface area contributed by atoms with Gasteiger partial charge in [0, 0.05) is 23.5 Å². The lowest BCUT2D eigenvalue weighted by Gasteiger charge is -2.14. The van der Waals surface area contributed by atoms with Gasteiger partial charge in [0.15, 0.2) is 17.3 Å². The van der Waals surface area contributed by atoms with Crippen LogP contribution >= 0.6 is 0 Å². The second-order valence-electron chi connectivity index (χ2n) is 8.40. The summed E-state index contributed by atoms with van der Waals surface area (Å²) in [6.45, 7) is 4.45. The van der Waals surface area contributed by atoms with Gasteiger partial charge >= 0.3 is 0 Å². The second-order valence-corrected chi connectivity index (χ2v) is 8.40. The minimum absolute atomic E-state index is 0.195. The van der Waals surface area contributed by atoms with E-state index in [9.17, 15) is 14.4 Å². The van der Waals surface area contributed by atoms with Gasteiger partial charge in [-0.25, -0.2) is 0 Å². The molecule has 2 unspecified atom stereocenters. The highest BCUT2D eigenvalue weighted by Gasteiger charge is 2.47. The fraction of sp³-hybridized carbons (Fsp3) is 0.375. The molecule has 3 aliphatic rings. The van der Waals surface area contributed by atoms with Gasteiger partial charge < -0.3 is 14.0 Å². The van der Waals surface area contributed by atoms with Crippen molar-refractivity contribution in [1.29, 1.82) is 0 Å². The van der Waals surface area contributed by atoms with E-state index < -0.39 is 0 Å². The minimum atomic E-state index is -0.316. The first-order valence-corrected chi connectivity index (χ1v) is 10.5. The minimum Gasteiger partial charge on any atom is -0.454 e. The first-order chi connectivity index (χ1) is 14.9. The Balaban J connectivity index is 1.35. The zero-order valence-electron chi connectivity index (χ0n) is 17.6. The van der Waals surface area contributed by atoms with E-state index >= 15 is 0 Å². The fourth-order valence-electron chi connectivity index (χ4n) is 4.80. The molecule has 0 radical (unpaired) electrons. The number of ether oxygens (including phenoxy) is 2. The zero-order chi connectivity index (χ0) is 21.7. The number of likely N-dealkylation sites (tertiary alicyclic amines) is 1. The average molecular weight is 420 g/mol. The maximum absolute atomic E-state index is 13.1. The van der Waals surface area contributed by atoms with Crippen LogP contribution in [0.15, 0.2) is 36.4 Å². The first-order valence-electron chi connectivity index (χ1n) is 10.5. The number of Topliss-reactive ketones (excluding diaryl/α,β-unsaturated/α-hetero) is 1. The van der Waals surface area contributed by atoms with Crippen LogP contribution in [0.3, 0.4) is 0 Å². The molecular formula is C24H24N2O5. The number of hydrogen-bond donors (Lipinski definition) is 0. The van der Waals surface area contributed by atoms with Crippen LogP contribution in [0.4, 0.5) is 0 Å². The normalized spacial score (nSPS) is 21.7. The summed E-state index contributed by atoms with van der Waals surface area (Å²) < 4.78 is 12.9. The summed E-state index contributed by atoms with van der Waals surface area (Å²) in [7, 11) is 0. The number of carbonyl (C=O) groups excluding carboxylic acids is 3. The highest BCUT2D eigenvalue weighted by molar-refractivity contribution is 6.10. The van der Waals surface area contributed by atoms with Crippen molar-refractivity contribution in [3.8, 4) is 11.5 Å². The summed E-state index contributed by atoms with van der Waals surface area (Å²) in [5.41, 5.74) is 3.34. The summed E-state index contributed by atoms with van der Waals surface area (Å²) in [5.74, 6) is 0.170. The Hall–Kier alpha value is -3.35. The van der Waals surface area contributed by atoms with Gasteiger partial charge in [0.2, 0.25) is 18.6 Å². The number of rotatable bonds is 5. The number of carbonyl (C=O) groups is 3. The number of nitrogens with zero attached hydrogens (tertiary/aromatic N) is 2. The van der Waals surface area contributed by atoms with Gasteiger partial charge in [-0.15, -0.1) is 0 Å². The number of fused-ring (bicyclic) bond motifs is 2. The van der Waals surface area contributed by atoms with E-state index in [0.29, 0.717) is 24.9 Å². The SMILES string of the molecule is Cc1cc(C(=O)CN2C(=O)C3CC=CCC3C2=O)c(C)n1Cc1ccc2c(c1)OCO2. The number of imide groups is 1. The lowest BCUT2D eigenvalue weighted by Crippen LogP contribution is -2.36. The van der Waals surface area contributed by atoms with Crippen LogP contribution in [0, 0.1) is 25.7 Å². The first kappa shape index (κ1) is 19.6. The smallest absolute Gasteiger partial charge is 0.233 e. The van der Waals surface area contributed by atoms with Gasteiger partial charge in [0.25, 0.3) is 0 Å². The Labute approximate surface area is 180 Å². The van der Waals surface area contributed by atoms with E-state index in [0.717, 1.165) is 33.4 Å². The van der Waals surface area contributed by atoms with Crippen molar-refractivity contribution in [1.82, 2.24) is 9.47 Å². The third-order valence-corrected chi connectivity index (χ3v) is 6.55. The fourth-order valence-corrected chi connectivity index (χ4v) is 4.80. The molecule has 7 heteroatoms. The van der Waals surface area contributed by atoms with Crippen LogP contribution in [-0.4, -0.2) is 40.4 Å². The van der Waals surface area contributed by atoms with E-state index in [2.05, 4.69) is 4.57 Å². The molecule has 1 fully saturated rings. The van der Waals surface area contributed by atoms with Gasteiger partial charge in [0.1, 0.15) is 0 Å². The van der Waals surface area contributed by atoms with E-state index in [1.54, 1.807) is 0 Å². The van der Waals surface area contributed by atoms with Gasteiger partial charge in [-0.2, -0.15) is 0 Å². The summed E-state index contributed by atoms with van der Waals surface area (Å²) in [6, 6.07) is 7.65. The number of aryl methyl sites for hydroxylation is 1. The molecule has 1 saturated heterocycles. The average Bonchev–Trinajstić information content (AvgIpc) is 3.41. The molecule has 2 atom stereocenters. The van der Waals surface area contributed by atoms with Crippen molar-refractivity contribution in [2.75, 3.05) is 13.3 Å². The van der Waals surface area contributed by atoms with Crippen LogP contribution in [0.5, 0.6) is 11.5 Å². The third kappa shape index (κ3) is 3.24. The van der Waals surface area contributed by atoms with Gasteiger partial charge in [-0.1, -0.05) is 18.2 Å². The van der Waals surface area contributed by atoms with E-state index in [1.807, 2.05) is 50.3 Å². The molecule has 1 aromatic heterocycles. The third-order valence-electron chi connectivity index (χ3n) is 6.55. The Morgan fingerprint density at radius 3 is 2.39 bits per heavy atom. The Bertz CT molecular complexity index is 1100. The molecular weight excluding hydrogens is 396 g/mol. The lowest BCUT2D eigenvalue weighted by atomic mass is 9.85. The zero-order valence-corrected chi connectivity index (χ0v) is 17.6. The van der Waals surface area contributed by atoms with Crippen LogP contribution < -0.4 is 9.47 Å². The summed E-state index contributed by atoms with van der Waals surface area (Å²) >= 11 is 0. The standard InChI is InChI=1S/C24H24N2O5/c1-14-9-19(15(2)25(14)11-16-7-8-21-22(10-16)31-13-30-21)20(27)12-26-23(28)17-5-3-4-6-18(17)24(26)29/h3-4,7-10,17-18H,5-6,11-13H2,1-2H3. The summed E-state index contributed by atoms with van der Waals surface area (Å²) in [4.78, 5) is 39.6. The molecule has 0 spiro atoms.